The average molecular weight is 147 g/mol. The molecule has 1 heterocycles. The molecule has 0 aromatic carbocycles. The van der Waals surface area contributed by atoms with E-state index in [-0.39, 0.29) is 0 Å². The summed E-state index contributed by atoms with van der Waals surface area (Å²) in [5, 5.41) is 0. The maximum atomic E-state index is 3.94. The molecule has 0 saturated heterocycles. The van der Waals surface area contributed by atoms with Crippen LogP contribution in [0.25, 0.3) is 0 Å². The molecule has 0 saturated carbocycles. The first kappa shape index (κ1) is 7.86. The average Bonchev–Trinajstić information content (AvgIpc) is 2.07. The smallest absolute Gasteiger partial charge is 0.0405 e. The van der Waals surface area contributed by atoms with E-state index in [1.807, 2.05) is 24.4 Å². The Kier molecular flexibility index (Phi) is 2.73. The van der Waals surface area contributed by atoms with Gasteiger partial charge in [0.15, 0.2) is 0 Å². The van der Waals surface area contributed by atoms with E-state index in [1.54, 1.807) is 0 Å². The molecular weight excluding hydrogens is 134 g/mol. The standard InChI is InChI=1S/C10H13N/c1-3-7-10(2)11-8-5-4-6-9-11/h3-6,8H,1-2,7,9H2. The Bertz CT molecular complexity index is 211. The molecule has 0 radical (unpaired) electrons. The van der Waals surface area contributed by atoms with Gasteiger partial charge in [-0.15, -0.1) is 6.58 Å². The number of nitrogens with zero attached hydrogens (tertiary/aromatic N) is 1. The molecular formula is C10H13N. The summed E-state index contributed by atoms with van der Waals surface area (Å²) < 4.78 is 0. The highest BCUT2D eigenvalue weighted by Gasteiger charge is 2.01. The molecule has 1 heteroatoms. The van der Waals surface area contributed by atoms with Gasteiger partial charge in [-0.25, -0.2) is 0 Å². The Hall–Kier alpha value is -1.24. The van der Waals surface area contributed by atoms with E-state index in [9.17, 15) is 0 Å². The van der Waals surface area contributed by atoms with Gasteiger partial charge in [0.25, 0.3) is 0 Å². The van der Waals surface area contributed by atoms with Crippen molar-refractivity contribution in [1.82, 2.24) is 4.90 Å². The van der Waals surface area contributed by atoms with E-state index in [4.69, 9.17) is 0 Å². The summed E-state index contributed by atoms with van der Waals surface area (Å²) in [5.74, 6) is 0. The number of rotatable bonds is 3. The fraction of sp³-hybridized carbons (Fsp3) is 0.200. The van der Waals surface area contributed by atoms with E-state index in [0.717, 1.165) is 18.7 Å². The molecule has 0 aromatic heterocycles. The van der Waals surface area contributed by atoms with Crippen LogP contribution < -0.4 is 0 Å². The van der Waals surface area contributed by atoms with Crippen molar-refractivity contribution in [2.24, 2.45) is 0 Å². The van der Waals surface area contributed by atoms with Gasteiger partial charge in [-0.3, -0.25) is 0 Å². The first-order chi connectivity index (χ1) is 5.34. The quantitative estimate of drug-likeness (QED) is 0.554. The Morgan fingerprint density at radius 2 is 2.36 bits per heavy atom. The lowest BCUT2D eigenvalue weighted by atomic mass is 10.2. The minimum Gasteiger partial charge on any atom is -0.348 e. The van der Waals surface area contributed by atoms with Crippen LogP contribution in [0.3, 0.4) is 0 Å². The third-order valence-corrected chi connectivity index (χ3v) is 1.60. The van der Waals surface area contributed by atoms with Crippen molar-refractivity contribution < 1.29 is 0 Å². The molecule has 0 spiro atoms. The number of hydrogen-bond acceptors (Lipinski definition) is 1. The molecule has 58 valence electrons. The number of allylic oxidation sites excluding steroid dienone is 3. The van der Waals surface area contributed by atoms with Crippen LogP contribution in [0.2, 0.25) is 0 Å². The van der Waals surface area contributed by atoms with Crippen LogP contribution in [-0.4, -0.2) is 11.4 Å². The van der Waals surface area contributed by atoms with Crippen LogP contribution in [0, 0.1) is 0 Å². The zero-order valence-corrected chi connectivity index (χ0v) is 6.66. The molecule has 0 amide bonds. The zero-order valence-electron chi connectivity index (χ0n) is 6.66. The van der Waals surface area contributed by atoms with Crippen LogP contribution in [0.5, 0.6) is 0 Å². The zero-order chi connectivity index (χ0) is 8.10. The molecule has 0 aromatic rings. The Morgan fingerprint density at radius 1 is 1.55 bits per heavy atom. The van der Waals surface area contributed by atoms with Crippen molar-refractivity contribution in [2.75, 3.05) is 6.54 Å². The molecule has 1 rings (SSSR count). The minimum absolute atomic E-state index is 0.859. The van der Waals surface area contributed by atoms with Crippen LogP contribution in [0.4, 0.5) is 0 Å². The predicted molar refractivity (Wildman–Crippen MR) is 48.9 cm³/mol. The fourth-order valence-corrected chi connectivity index (χ4v) is 0.986. The SMILES string of the molecule is C=CCC(=C)N1C=CC=CC1. The van der Waals surface area contributed by atoms with Crippen LogP contribution in [0.15, 0.2) is 49.4 Å². The lowest BCUT2D eigenvalue weighted by molar-refractivity contribution is 0.503. The maximum absolute atomic E-state index is 3.94. The molecule has 0 N–H and O–H groups in total. The van der Waals surface area contributed by atoms with Crippen molar-refractivity contribution >= 4 is 0 Å². The second-order valence-electron chi connectivity index (χ2n) is 2.48. The van der Waals surface area contributed by atoms with Crippen molar-refractivity contribution in [3.05, 3.63) is 49.4 Å². The van der Waals surface area contributed by atoms with Crippen molar-refractivity contribution in [3.63, 3.8) is 0 Å². The molecule has 0 unspecified atom stereocenters. The fourth-order valence-electron chi connectivity index (χ4n) is 0.986. The largest absolute Gasteiger partial charge is 0.348 e. The molecule has 1 aliphatic heterocycles. The summed E-state index contributed by atoms with van der Waals surface area (Å²) in [6.07, 6.45) is 10.9. The van der Waals surface area contributed by atoms with Gasteiger partial charge >= 0.3 is 0 Å². The summed E-state index contributed by atoms with van der Waals surface area (Å²) in [4.78, 5) is 2.11. The van der Waals surface area contributed by atoms with Gasteiger partial charge in [0.2, 0.25) is 0 Å². The monoisotopic (exact) mass is 147 g/mol. The van der Waals surface area contributed by atoms with Gasteiger partial charge < -0.3 is 4.90 Å². The molecule has 0 bridgehead atoms. The molecule has 11 heavy (non-hydrogen) atoms. The third kappa shape index (κ3) is 2.11. The molecule has 0 fully saturated rings. The lowest BCUT2D eigenvalue weighted by Gasteiger charge is -2.21. The normalized spacial score (nSPS) is 15.1. The second-order valence-corrected chi connectivity index (χ2v) is 2.48. The van der Waals surface area contributed by atoms with Crippen LogP contribution in [-0.2, 0) is 0 Å². The van der Waals surface area contributed by atoms with Gasteiger partial charge in [0, 0.05) is 24.9 Å². The molecule has 0 aliphatic carbocycles. The Labute approximate surface area is 68.0 Å². The van der Waals surface area contributed by atoms with E-state index in [0.29, 0.717) is 0 Å². The number of hydrogen-bond donors (Lipinski definition) is 0. The summed E-state index contributed by atoms with van der Waals surface area (Å²) in [7, 11) is 0. The Balaban J connectivity index is 2.48. The summed E-state index contributed by atoms with van der Waals surface area (Å²) in [5.41, 5.74) is 1.10. The second kappa shape index (κ2) is 3.81. The van der Waals surface area contributed by atoms with Gasteiger partial charge in [0.05, 0.1) is 0 Å². The summed E-state index contributed by atoms with van der Waals surface area (Å²) in [6, 6.07) is 0. The van der Waals surface area contributed by atoms with E-state index < -0.39 is 0 Å². The molecule has 1 nitrogen and oxygen atoms in total. The van der Waals surface area contributed by atoms with Crippen molar-refractivity contribution in [1.29, 1.82) is 0 Å². The highest BCUT2D eigenvalue weighted by molar-refractivity contribution is 5.15. The van der Waals surface area contributed by atoms with Crippen molar-refractivity contribution in [2.45, 2.75) is 6.42 Å². The Morgan fingerprint density at radius 3 is 2.91 bits per heavy atom. The topological polar surface area (TPSA) is 3.24 Å². The predicted octanol–water partition coefficient (Wildman–Crippen LogP) is 2.46. The van der Waals surface area contributed by atoms with Crippen LogP contribution in [0.1, 0.15) is 6.42 Å². The van der Waals surface area contributed by atoms with Gasteiger partial charge in [-0.1, -0.05) is 24.8 Å². The van der Waals surface area contributed by atoms with Gasteiger partial charge in [0.1, 0.15) is 0 Å². The first-order valence-electron chi connectivity index (χ1n) is 3.73. The van der Waals surface area contributed by atoms with E-state index in [2.05, 4.69) is 24.1 Å². The highest BCUT2D eigenvalue weighted by Crippen LogP contribution is 2.10. The maximum Gasteiger partial charge on any atom is 0.0405 e. The lowest BCUT2D eigenvalue weighted by Crippen LogP contribution is -2.16. The summed E-state index contributed by atoms with van der Waals surface area (Å²) >= 11 is 0. The van der Waals surface area contributed by atoms with Crippen molar-refractivity contribution in [3.8, 4) is 0 Å². The van der Waals surface area contributed by atoms with E-state index >= 15 is 0 Å². The summed E-state index contributed by atoms with van der Waals surface area (Å²) in [6.45, 7) is 8.54. The third-order valence-electron chi connectivity index (χ3n) is 1.60. The van der Waals surface area contributed by atoms with Gasteiger partial charge in [-0.05, 0) is 6.08 Å². The van der Waals surface area contributed by atoms with E-state index in [1.165, 1.54) is 0 Å². The highest BCUT2D eigenvalue weighted by atomic mass is 15.1. The minimum atomic E-state index is 0.859. The van der Waals surface area contributed by atoms with Crippen LogP contribution >= 0.6 is 0 Å². The molecule has 0 atom stereocenters. The van der Waals surface area contributed by atoms with Gasteiger partial charge in [-0.2, -0.15) is 0 Å². The molecule has 1 aliphatic rings. The first-order valence-corrected chi connectivity index (χ1v) is 3.73.